The van der Waals surface area contributed by atoms with Crippen molar-refractivity contribution in [2.45, 2.75) is 0 Å². The van der Waals surface area contributed by atoms with Crippen LogP contribution in [0.15, 0.2) is 0 Å². The second-order valence-electron chi connectivity index (χ2n) is 4.00. The van der Waals surface area contributed by atoms with E-state index in [2.05, 4.69) is 0 Å². The number of rotatable bonds is 11. The molecule has 0 aliphatic heterocycles. The Morgan fingerprint density at radius 2 is 0.773 bits per heavy atom. The van der Waals surface area contributed by atoms with Gasteiger partial charge >= 0.3 is 53.4 Å². The van der Waals surface area contributed by atoms with Crippen LogP contribution in [0.2, 0.25) is 0 Å². The van der Waals surface area contributed by atoms with E-state index in [-0.39, 0.29) is 59.7 Å². The minimum absolute atomic E-state index is 0. The van der Waals surface area contributed by atoms with E-state index in [1.165, 1.54) is 0 Å². The van der Waals surface area contributed by atoms with Crippen molar-refractivity contribution in [2.24, 2.45) is 0 Å². The summed E-state index contributed by atoms with van der Waals surface area (Å²) in [4.78, 5) is 44.4. The van der Waals surface area contributed by atoms with Crippen molar-refractivity contribution in [3.05, 3.63) is 0 Å². The second kappa shape index (κ2) is 13.9. The van der Waals surface area contributed by atoms with Crippen LogP contribution >= 0.6 is 0 Å². The first-order chi connectivity index (χ1) is 9.20. The van der Waals surface area contributed by atoms with Crippen LogP contribution in [-0.2, 0) is 36.2 Å². The summed E-state index contributed by atoms with van der Waals surface area (Å²) in [5, 5.41) is 34.5. The van der Waals surface area contributed by atoms with Crippen molar-refractivity contribution < 1.29 is 56.7 Å². The Labute approximate surface area is 158 Å². The summed E-state index contributed by atoms with van der Waals surface area (Å²) < 4.78 is 0. The summed E-state index contributed by atoms with van der Waals surface area (Å²) in [6.45, 7) is -2.25. The zero-order valence-corrected chi connectivity index (χ0v) is 12.1. The van der Waals surface area contributed by atoms with Crippen LogP contribution in [0.25, 0.3) is 0 Å². The van der Waals surface area contributed by atoms with Gasteiger partial charge in [-0.2, -0.15) is 0 Å². The van der Waals surface area contributed by atoms with Crippen LogP contribution in [0.4, 0.5) is 0 Å². The molecule has 10 nitrogen and oxygen atoms in total. The summed E-state index contributed by atoms with van der Waals surface area (Å²) in [5.41, 5.74) is 0. The molecule has 12 heteroatoms. The van der Waals surface area contributed by atoms with E-state index in [0.717, 1.165) is 9.80 Å². The molecule has 0 atom stereocenters. The molecule has 0 saturated heterocycles. The molecule has 4 N–H and O–H groups in total. The van der Waals surface area contributed by atoms with Gasteiger partial charge < -0.3 is 20.4 Å². The Balaban J connectivity index is -0.00000180. The predicted octanol–water partition coefficient (Wildman–Crippen LogP) is -2.72. The van der Waals surface area contributed by atoms with Crippen LogP contribution in [0.5, 0.6) is 0 Å². The molecule has 0 heterocycles. The maximum absolute atomic E-state index is 10.6. The molecule has 0 amide bonds. The van der Waals surface area contributed by atoms with Gasteiger partial charge in [-0.15, -0.1) is 0 Å². The van der Waals surface area contributed by atoms with E-state index in [4.69, 9.17) is 20.4 Å². The third kappa shape index (κ3) is 15.7. The number of carboxylic acids is 4. The Morgan fingerprint density at radius 1 is 0.591 bits per heavy atom. The van der Waals surface area contributed by atoms with Crippen molar-refractivity contribution in [3.63, 3.8) is 0 Å². The van der Waals surface area contributed by atoms with Crippen molar-refractivity contribution in [1.29, 1.82) is 0 Å². The first-order valence-electron chi connectivity index (χ1n) is 5.52. The molecule has 0 bridgehead atoms. The molecule has 123 valence electrons. The molecule has 0 fully saturated rings. The second-order valence-corrected chi connectivity index (χ2v) is 4.00. The van der Waals surface area contributed by atoms with Gasteiger partial charge in [-0.25, -0.2) is 0 Å². The van der Waals surface area contributed by atoms with Gasteiger partial charge in [0.2, 0.25) is 0 Å². The molecule has 0 aromatic rings. The number of hydrogen-bond donors (Lipinski definition) is 4. The molecule has 0 rings (SSSR count). The SMILES string of the molecule is O=C(O)CN(CCN(CC(=O)O)CC(=O)O)CC(=O)O.[Mn].[NaH]. The fraction of sp³-hybridized carbons (Fsp3) is 0.600. The molecule has 0 aromatic carbocycles. The van der Waals surface area contributed by atoms with Gasteiger partial charge in [-0.05, 0) is 0 Å². The van der Waals surface area contributed by atoms with E-state index in [1.54, 1.807) is 0 Å². The van der Waals surface area contributed by atoms with Gasteiger partial charge in [0, 0.05) is 30.2 Å². The van der Waals surface area contributed by atoms with Crippen molar-refractivity contribution in [2.75, 3.05) is 39.3 Å². The van der Waals surface area contributed by atoms with Gasteiger partial charge in [0.15, 0.2) is 0 Å². The average molecular weight is 371 g/mol. The van der Waals surface area contributed by atoms with Gasteiger partial charge in [0.05, 0.1) is 26.2 Å². The van der Waals surface area contributed by atoms with Gasteiger partial charge in [-0.3, -0.25) is 29.0 Å². The molecule has 0 aliphatic carbocycles. The summed E-state index contributed by atoms with van der Waals surface area (Å²) >= 11 is 0. The maximum atomic E-state index is 10.6. The molecular weight excluding hydrogens is 354 g/mol. The third-order valence-corrected chi connectivity index (χ3v) is 2.17. The number of aliphatic carboxylic acids is 4. The van der Waals surface area contributed by atoms with Gasteiger partial charge in [-0.1, -0.05) is 0 Å². The van der Waals surface area contributed by atoms with Crippen molar-refractivity contribution in [1.82, 2.24) is 9.80 Å². The monoisotopic (exact) mass is 371 g/mol. The van der Waals surface area contributed by atoms with E-state index >= 15 is 0 Å². The first kappa shape index (κ1) is 26.2. The minimum atomic E-state index is -1.23. The van der Waals surface area contributed by atoms with Crippen molar-refractivity contribution in [3.8, 4) is 0 Å². The summed E-state index contributed by atoms with van der Waals surface area (Å²) in [7, 11) is 0. The van der Waals surface area contributed by atoms with E-state index in [0.29, 0.717) is 0 Å². The Kier molecular flexibility index (Phi) is 16.6. The number of carbonyl (C=O) groups is 4. The molecule has 0 aliphatic rings. The molecule has 0 unspecified atom stereocenters. The summed E-state index contributed by atoms with van der Waals surface area (Å²) in [6.07, 6.45) is 0. The quantitative estimate of drug-likeness (QED) is 0.281. The topological polar surface area (TPSA) is 156 Å². The number of nitrogens with zero attached hydrogens (tertiary/aromatic N) is 2. The Hall–Kier alpha value is -0.681. The van der Waals surface area contributed by atoms with Gasteiger partial charge in [0.25, 0.3) is 0 Å². The van der Waals surface area contributed by atoms with E-state index in [1.807, 2.05) is 0 Å². The summed E-state index contributed by atoms with van der Waals surface area (Å²) in [6, 6.07) is 0. The van der Waals surface area contributed by atoms with Crippen LogP contribution in [0, 0.1) is 0 Å². The zero-order chi connectivity index (χ0) is 15.7. The molecule has 0 spiro atoms. The van der Waals surface area contributed by atoms with E-state index < -0.39 is 50.1 Å². The van der Waals surface area contributed by atoms with E-state index in [9.17, 15) is 19.2 Å². The van der Waals surface area contributed by atoms with Crippen LogP contribution in [0.1, 0.15) is 0 Å². The first-order valence-corrected chi connectivity index (χ1v) is 5.52. The predicted molar refractivity (Wildman–Crippen MR) is 70.6 cm³/mol. The molecule has 0 aromatic heterocycles. The Morgan fingerprint density at radius 3 is 0.909 bits per heavy atom. The average Bonchev–Trinajstić information content (AvgIpc) is 2.22. The molecule has 1 radical (unpaired) electrons. The standard InChI is InChI=1S/C10H16N2O8.Mn.Na.H/c13-7(14)3-11(4-8(15)16)1-2-12(5-9(17)18)6-10(19)20;;;/h1-6H2,(H,13,14)(H,15,16)(H,17,18)(H,19,20);;;. The van der Waals surface area contributed by atoms with Crippen LogP contribution < -0.4 is 0 Å². The Bertz CT molecular complexity index is 327. The normalized spacial score (nSPS) is 9.73. The fourth-order valence-corrected chi connectivity index (χ4v) is 1.48. The zero-order valence-electron chi connectivity index (χ0n) is 10.9. The van der Waals surface area contributed by atoms with Gasteiger partial charge in [0.1, 0.15) is 0 Å². The fourth-order valence-electron chi connectivity index (χ4n) is 1.48. The molecular formula is C10H17MnN2NaO8. The number of carboxylic acid groups (broad SMARTS) is 4. The van der Waals surface area contributed by atoms with Crippen LogP contribution in [0.3, 0.4) is 0 Å². The van der Waals surface area contributed by atoms with Crippen molar-refractivity contribution >= 4 is 53.4 Å². The third-order valence-electron chi connectivity index (χ3n) is 2.17. The molecule has 22 heavy (non-hydrogen) atoms. The number of hydrogen-bond acceptors (Lipinski definition) is 6. The molecule has 0 saturated carbocycles. The summed E-state index contributed by atoms with van der Waals surface area (Å²) in [5.74, 6) is -4.91. The van der Waals surface area contributed by atoms with Crippen LogP contribution in [-0.4, -0.2) is 123 Å².